The first-order chi connectivity index (χ1) is 8.22. The largest absolute Gasteiger partial charge is 0.518 e. The molecule has 92 valence electrons. The predicted octanol–water partition coefficient (Wildman–Crippen LogP) is 2.89. The van der Waals surface area contributed by atoms with Gasteiger partial charge in [-0.25, -0.2) is 9.59 Å². The Kier molecular flexibility index (Phi) is 5.57. The van der Waals surface area contributed by atoms with Crippen LogP contribution < -0.4 is 0 Å². The van der Waals surface area contributed by atoms with Crippen LogP contribution in [0.4, 0.5) is 9.59 Å². The van der Waals surface area contributed by atoms with Gasteiger partial charge < -0.3 is 14.2 Å². The molecule has 5 heteroatoms. The van der Waals surface area contributed by atoms with Crippen molar-refractivity contribution in [3.63, 3.8) is 0 Å². The molecule has 0 atom stereocenters. The highest BCUT2D eigenvalue weighted by atomic mass is 16.8. The quantitative estimate of drug-likeness (QED) is 0.596. The van der Waals surface area contributed by atoms with Crippen LogP contribution >= 0.6 is 0 Å². The van der Waals surface area contributed by atoms with Crippen molar-refractivity contribution < 1.29 is 23.8 Å². The van der Waals surface area contributed by atoms with Crippen molar-refractivity contribution in [2.75, 3.05) is 6.61 Å². The molecule has 1 aromatic rings. The van der Waals surface area contributed by atoms with Crippen molar-refractivity contribution >= 4 is 12.3 Å². The predicted molar refractivity (Wildman–Crippen MR) is 59.4 cm³/mol. The molecule has 0 heterocycles. The lowest BCUT2D eigenvalue weighted by Crippen LogP contribution is -2.15. The minimum atomic E-state index is -1.06. The first-order valence-electron chi connectivity index (χ1n) is 5.27. The Balaban J connectivity index is 2.24. The van der Waals surface area contributed by atoms with Crippen LogP contribution in [0, 0.1) is 0 Å². The van der Waals surface area contributed by atoms with E-state index in [9.17, 15) is 9.59 Å². The maximum Gasteiger partial charge on any atom is 0.518 e. The topological polar surface area (TPSA) is 61.8 Å². The van der Waals surface area contributed by atoms with Gasteiger partial charge in [-0.2, -0.15) is 0 Å². The molecule has 5 nitrogen and oxygen atoms in total. The van der Waals surface area contributed by atoms with Gasteiger partial charge in [0.15, 0.2) is 0 Å². The van der Waals surface area contributed by atoms with Crippen molar-refractivity contribution in [3.05, 3.63) is 35.9 Å². The van der Waals surface area contributed by atoms with E-state index in [4.69, 9.17) is 4.74 Å². The summed E-state index contributed by atoms with van der Waals surface area (Å²) in [5.41, 5.74) is 0.811. The molecule has 0 saturated carbocycles. The van der Waals surface area contributed by atoms with Crippen LogP contribution in [-0.2, 0) is 20.8 Å². The third-order valence-corrected chi connectivity index (χ3v) is 1.79. The molecule has 17 heavy (non-hydrogen) atoms. The smallest absolute Gasteiger partial charge is 0.434 e. The summed E-state index contributed by atoms with van der Waals surface area (Å²) in [7, 11) is 0. The molecule has 0 spiro atoms. The van der Waals surface area contributed by atoms with Crippen molar-refractivity contribution in [3.8, 4) is 0 Å². The second kappa shape index (κ2) is 7.27. The molecular weight excluding hydrogens is 224 g/mol. The maximum absolute atomic E-state index is 11.0. The standard InChI is InChI=1S/C12H14O5/c1-2-8-15-11(13)17-12(14)16-9-10-6-4-3-5-7-10/h3-7H,2,8-9H2,1H3. The van der Waals surface area contributed by atoms with Crippen LogP contribution in [0.5, 0.6) is 0 Å². The summed E-state index contributed by atoms with van der Waals surface area (Å²) in [6.45, 7) is 2.10. The van der Waals surface area contributed by atoms with E-state index in [1.165, 1.54) is 0 Å². The van der Waals surface area contributed by atoms with Crippen LogP contribution in [0.15, 0.2) is 30.3 Å². The molecule has 0 bridgehead atoms. The number of ether oxygens (including phenoxy) is 3. The van der Waals surface area contributed by atoms with Crippen LogP contribution in [0.1, 0.15) is 18.9 Å². The first-order valence-corrected chi connectivity index (χ1v) is 5.27. The zero-order valence-corrected chi connectivity index (χ0v) is 9.55. The Bertz CT molecular complexity index is 360. The van der Waals surface area contributed by atoms with E-state index in [1.807, 2.05) is 25.1 Å². The first kappa shape index (κ1) is 13.0. The number of benzene rings is 1. The van der Waals surface area contributed by atoms with Crippen molar-refractivity contribution in [1.29, 1.82) is 0 Å². The van der Waals surface area contributed by atoms with Crippen molar-refractivity contribution in [2.45, 2.75) is 20.0 Å². The van der Waals surface area contributed by atoms with Crippen molar-refractivity contribution in [1.82, 2.24) is 0 Å². The van der Waals surface area contributed by atoms with E-state index in [1.54, 1.807) is 12.1 Å². The third kappa shape index (κ3) is 5.55. The molecule has 0 amide bonds. The molecule has 0 fully saturated rings. The van der Waals surface area contributed by atoms with Gasteiger partial charge >= 0.3 is 12.3 Å². The Morgan fingerprint density at radius 2 is 1.71 bits per heavy atom. The second-order valence-corrected chi connectivity index (χ2v) is 3.22. The lowest BCUT2D eigenvalue weighted by Gasteiger charge is -2.05. The van der Waals surface area contributed by atoms with Gasteiger partial charge in [0, 0.05) is 0 Å². The monoisotopic (exact) mass is 238 g/mol. The normalized spacial score (nSPS) is 9.47. The summed E-state index contributed by atoms with van der Waals surface area (Å²) < 4.78 is 13.5. The van der Waals surface area contributed by atoms with E-state index < -0.39 is 12.3 Å². The van der Waals surface area contributed by atoms with Gasteiger partial charge in [-0.05, 0) is 12.0 Å². The molecule has 0 aromatic heterocycles. The number of rotatable bonds is 4. The van der Waals surface area contributed by atoms with E-state index >= 15 is 0 Å². The molecule has 1 rings (SSSR count). The van der Waals surface area contributed by atoms with Crippen molar-refractivity contribution in [2.24, 2.45) is 0 Å². The molecule has 1 aromatic carbocycles. The SMILES string of the molecule is CCCOC(=O)OC(=O)OCc1ccccc1. The molecular formula is C12H14O5. The van der Waals surface area contributed by atoms with Gasteiger partial charge in [0.25, 0.3) is 0 Å². The lowest BCUT2D eigenvalue weighted by molar-refractivity contribution is 0.0334. The van der Waals surface area contributed by atoms with E-state index in [2.05, 4.69) is 9.47 Å². The van der Waals surface area contributed by atoms with E-state index in [0.717, 1.165) is 5.56 Å². The molecule has 0 unspecified atom stereocenters. The van der Waals surface area contributed by atoms with Crippen LogP contribution in [0.2, 0.25) is 0 Å². The lowest BCUT2D eigenvalue weighted by atomic mass is 10.2. The number of carbonyl (C=O) groups excluding carboxylic acids is 2. The fourth-order valence-electron chi connectivity index (χ4n) is 1.03. The molecule has 0 N–H and O–H groups in total. The van der Waals surface area contributed by atoms with Gasteiger partial charge in [-0.15, -0.1) is 0 Å². The molecule has 0 aliphatic rings. The zero-order chi connectivity index (χ0) is 12.5. The second-order valence-electron chi connectivity index (χ2n) is 3.22. The van der Waals surface area contributed by atoms with Crippen LogP contribution in [0.25, 0.3) is 0 Å². The average molecular weight is 238 g/mol. The molecule has 0 aliphatic carbocycles. The Morgan fingerprint density at radius 1 is 1.06 bits per heavy atom. The Labute approximate surface area is 99.3 Å². The highest BCUT2D eigenvalue weighted by Crippen LogP contribution is 2.02. The summed E-state index contributed by atoms with van der Waals surface area (Å²) in [4.78, 5) is 21.9. The fourth-order valence-corrected chi connectivity index (χ4v) is 1.03. The van der Waals surface area contributed by atoms with Gasteiger partial charge in [0.2, 0.25) is 0 Å². The minimum Gasteiger partial charge on any atom is -0.434 e. The number of hydrogen-bond donors (Lipinski definition) is 0. The summed E-state index contributed by atoms with van der Waals surface area (Å²) >= 11 is 0. The summed E-state index contributed by atoms with van der Waals surface area (Å²) in [6, 6.07) is 9.08. The average Bonchev–Trinajstić information content (AvgIpc) is 2.35. The van der Waals surface area contributed by atoms with Gasteiger partial charge in [0.1, 0.15) is 6.61 Å². The maximum atomic E-state index is 11.0. The van der Waals surface area contributed by atoms with Gasteiger partial charge in [-0.3, -0.25) is 0 Å². The summed E-state index contributed by atoms with van der Waals surface area (Å²) in [5, 5.41) is 0. The fraction of sp³-hybridized carbons (Fsp3) is 0.333. The van der Waals surface area contributed by atoms with E-state index in [0.29, 0.717) is 6.42 Å². The third-order valence-electron chi connectivity index (χ3n) is 1.79. The van der Waals surface area contributed by atoms with Crippen LogP contribution in [-0.4, -0.2) is 18.9 Å². The van der Waals surface area contributed by atoms with Gasteiger partial charge in [0.05, 0.1) is 6.61 Å². The Morgan fingerprint density at radius 3 is 2.35 bits per heavy atom. The number of carbonyl (C=O) groups is 2. The zero-order valence-electron chi connectivity index (χ0n) is 9.55. The highest BCUT2D eigenvalue weighted by molar-refractivity contribution is 5.76. The summed E-state index contributed by atoms with van der Waals surface area (Å²) in [5.74, 6) is 0. The number of hydrogen-bond acceptors (Lipinski definition) is 5. The molecule has 0 aliphatic heterocycles. The summed E-state index contributed by atoms with van der Waals surface area (Å²) in [6.07, 6.45) is -1.44. The highest BCUT2D eigenvalue weighted by Gasteiger charge is 2.12. The van der Waals surface area contributed by atoms with Gasteiger partial charge in [-0.1, -0.05) is 37.3 Å². The van der Waals surface area contributed by atoms with Crippen LogP contribution in [0.3, 0.4) is 0 Å². The molecule has 0 radical (unpaired) electrons. The molecule has 0 saturated heterocycles. The van der Waals surface area contributed by atoms with E-state index in [-0.39, 0.29) is 13.2 Å². The Hall–Kier alpha value is -2.04. The minimum absolute atomic E-state index is 0.0563.